The summed E-state index contributed by atoms with van der Waals surface area (Å²) in [6.45, 7) is 3.77. The highest BCUT2D eigenvalue weighted by Gasteiger charge is 2.19. The van der Waals surface area contributed by atoms with Gasteiger partial charge in [-0.25, -0.2) is 4.79 Å². The maximum Gasteiger partial charge on any atom is 0.312 e. The molecule has 8 nitrogen and oxygen atoms in total. The molecule has 0 aromatic heterocycles. The summed E-state index contributed by atoms with van der Waals surface area (Å²) in [4.78, 5) is 34.6. The van der Waals surface area contributed by atoms with E-state index in [4.69, 9.17) is 26.8 Å². The average Bonchev–Trinajstić information content (AvgIpc) is 2.60. The standard InChI is InChI=1S/C18H26ClN3O5/c1-11-9-14(15(26-3)10-13(11)19)22-17(24)12(2)27-16(23)7-5-4-6-8-21-18(20)25/h9-10,12H,4-8H2,1-3H3,(H,22,24)(H3,20,21,25)/t12-/m1/s1. The van der Waals surface area contributed by atoms with E-state index >= 15 is 0 Å². The van der Waals surface area contributed by atoms with E-state index in [-0.39, 0.29) is 6.42 Å². The van der Waals surface area contributed by atoms with E-state index in [1.807, 2.05) is 0 Å². The van der Waals surface area contributed by atoms with E-state index in [0.29, 0.717) is 35.8 Å². The topological polar surface area (TPSA) is 120 Å². The minimum absolute atomic E-state index is 0.192. The minimum atomic E-state index is -0.949. The summed E-state index contributed by atoms with van der Waals surface area (Å²) in [5.41, 5.74) is 6.18. The number of benzene rings is 1. The molecule has 0 saturated heterocycles. The van der Waals surface area contributed by atoms with Crippen LogP contribution in [0.2, 0.25) is 5.02 Å². The fourth-order valence-electron chi connectivity index (χ4n) is 2.26. The zero-order valence-corrected chi connectivity index (χ0v) is 16.5. The van der Waals surface area contributed by atoms with Crippen LogP contribution in [0.1, 0.15) is 38.2 Å². The third-order valence-corrected chi connectivity index (χ3v) is 4.18. The SMILES string of the molecule is COc1cc(Cl)c(C)cc1NC(=O)[C@@H](C)OC(=O)CCCCCNC(N)=O. The molecule has 0 heterocycles. The Morgan fingerprint density at radius 3 is 2.56 bits per heavy atom. The fraction of sp³-hybridized carbons (Fsp3) is 0.500. The van der Waals surface area contributed by atoms with Gasteiger partial charge >= 0.3 is 12.0 Å². The summed E-state index contributed by atoms with van der Waals surface area (Å²) >= 11 is 6.04. The first-order valence-corrected chi connectivity index (χ1v) is 9.00. The number of urea groups is 1. The Bertz CT molecular complexity index is 681. The molecule has 9 heteroatoms. The maximum absolute atomic E-state index is 12.3. The average molecular weight is 400 g/mol. The molecule has 0 aliphatic heterocycles. The van der Waals surface area contributed by atoms with Crippen LogP contribution in [0.4, 0.5) is 10.5 Å². The number of ether oxygens (including phenoxy) is 2. The highest BCUT2D eigenvalue weighted by Crippen LogP contribution is 2.31. The van der Waals surface area contributed by atoms with E-state index in [9.17, 15) is 14.4 Å². The lowest BCUT2D eigenvalue weighted by Gasteiger charge is -2.16. The van der Waals surface area contributed by atoms with Crippen LogP contribution in [0.25, 0.3) is 0 Å². The summed E-state index contributed by atoms with van der Waals surface area (Å²) in [6, 6.07) is 2.73. The molecular formula is C18H26ClN3O5. The van der Waals surface area contributed by atoms with E-state index in [1.54, 1.807) is 19.1 Å². The Morgan fingerprint density at radius 2 is 1.93 bits per heavy atom. The molecule has 0 radical (unpaired) electrons. The Balaban J connectivity index is 2.43. The number of hydrogen-bond acceptors (Lipinski definition) is 5. The van der Waals surface area contributed by atoms with E-state index in [0.717, 1.165) is 12.0 Å². The molecule has 1 aromatic carbocycles. The number of nitrogens with one attached hydrogen (secondary N) is 2. The number of unbranched alkanes of at least 4 members (excludes halogenated alkanes) is 2. The molecule has 3 amide bonds. The first-order chi connectivity index (χ1) is 12.7. The van der Waals surface area contributed by atoms with Crippen LogP contribution in [0.5, 0.6) is 5.75 Å². The van der Waals surface area contributed by atoms with Crippen molar-refractivity contribution < 1.29 is 23.9 Å². The van der Waals surface area contributed by atoms with Gasteiger partial charge in [0.2, 0.25) is 0 Å². The van der Waals surface area contributed by atoms with Crippen molar-refractivity contribution in [1.82, 2.24) is 5.32 Å². The van der Waals surface area contributed by atoms with Crippen LogP contribution in [0.15, 0.2) is 12.1 Å². The molecule has 0 aliphatic rings. The van der Waals surface area contributed by atoms with Crippen molar-refractivity contribution in [1.29, 1.82) is 0 Å². The molecule has 0 spiro atoms. The van der Waals surface area contributed by atoms with Crippen molar-refractivity contribution in [2.45, 2.75) is 45.6 Å². The molecule has 0 saturated carbocycles. The zero-order chi connectivity index (χ0) is 20.4. The summed E-state index contributed by atoms with van der Waals surface area (Å²) in [5, 5.41) is 5.67. The van der Waals surface area contributed by atoms with Crippen molar-refractivity contribution in [2.24, 2.45) is 5.73 Å². The Labute approximate surface area is 163 Å². The molecular weight excluding hydrogens is 374 g/mol. The Kier molecular flexibility index (Phi) is 9.42. The zero-order valence-electron chi connectivity index (χ0n) is 15.8. The summed E-state index contributed by atoms with van der Waals surface area (Å²) < 4.78 is 10.4. The number of anilines is 1. The number of carbonyl (C=O) groups is 3. The monoisotopic (exact) mass is 399 g/mol. The molecule has 0 bridgehead atoms. The molecule has 4 N–H and O–H groups in total. The quantitative estimate of drug-likeness (QED) is 0.412. The summed E-state index contributed by atoms with van der Waals surface area (Å²) in [7, 11) is 1.47. The lowest BCUT2D eigenvalue weighted by molar-refractivity contribution is -0.153. The van der Waals surface area contributed by atoms with Crippen molar-refractivity contribution in [3.63, 3.8) is 0 Å². The second kappa shape index (κ2) is 11.3. The molecule has 1 rings (SSSR count). The highest BCUT2D eigenvalue weighted by molar-refractivity contribution is 6.31. The van der Waals surface area contributed by atoms with E-state index in [2.05, 4.69) is 10.6 Å². The molecule has 0 fully saturated rings. The molecule has 27 heavy (non-hydrogen) atoms. The number of esters is 1. The Morgan fingerprint density at radius 1 is 1.22 bits per heavy atom. The van der Waals surface area contributed by atoms with Gasteiger partial charge in [-0.05, 0) is 38.3 Å². The van der Waals surface area contributed by atoms with Gasteiger partial charge in [0.25, 0.3) is 5.91 Å². The molecule has 150 valence electrons. The number of methoxy groups -OCH3 is 1. The van der Waals surface area contributed by atoms with Crippen molar-refractivity contribution in [3.05, 3.63) is 22.7 Å². The smallest absolute Gasteiger partial charge is 0.312 e. The van der Waals surface area contributed by atoms with Crippen molar-refractivity contribution in [2.75, 3.05) is 19.0 Å². The first-order valence-electron chi connectivity index (χ1n) is 8.62. The van der Waals surface area contributed by atoms with Crippen LogP contribution in [-0.4, -0.2) is 37.7 Å². The number of carbonyl (C=O) groups excluding carboxylic acids is 3. The lowest BCUT2D eigenvalue weighted by Crippen LogP contribution is -2.30. The van der Waals surface area contributed by atoms with E-state index < -0.39 is 24.0 Å². The second-order valence-electron chi connectivity index (χ2n) is 6.02. The number of halogens is 1. The third kappa shape index (κ3) is 8.17. The number of hydrogen-bond donors (Lipinski definition) is 3. The van der Waals surface area contributed by atoms with Gasteiger partial charge < -0.3 is 25.8 Å². The minimum Gasteiger partial charge on any atom is -0.495 e. The highest BCUT2D eigenvalue weighted by atomic mass is 35.5. The van der Waals surface area contributed by atoms with Gasteiger partial charge in [-0.1, -0.05) is 18.0 Å². The van der Waals surface area contributed by atoms with E-state index in [1.165, 1.54) is 14.0 Å². The van der Waals surface area contributed by atoms with Crippen LogP contribution in [0.3, 0.4) is 0 Å². The summed E-state index contributed by atoms with van der Waals surface area (Å²) in [5.74, 6) is -0.504. The van der Waals surface area contributed by atoms with Gasteiger partial charge in [-0.2, -0.15) is 0 Å². The largest absolute Gasteiger partial charge is 0.495 e. The van der Waals surface area contributed by atoms with Crippen LogP contribution in [0, 0.1) is 6.92 Å². The normalized spacial score (nSPS) is 11.4. The maximum atomic E-state index is 12.3. The fourth-order valence-corrected chi connectivity index (χ4v) is 2.41. The third-order valence-electron chi connectivity index (χ3n) is 3.77. The van der Waals surface area contributed by atoms with Gasteiger partial charge in [0.15, 0.2) is 6.10 Å². The number of aryl methyl sites for hydroxylation is 1. The van der Waals surface area contributed by atoms with Gasteiger partial charge in [-0.3, -0.25) is 9.59 Å². The lowest BCUT2D eigenvalue weighted by atomic mass is 10.2. The number of primary amides is 1. The second-order valence-corrected chi connectivity index (χ2v) is 6.43. The van der Waals surface area contributed by atoms with Crippen molar-refractivity contribution >= 4 is 35.2 Å². The Hall–Kier alpha value is -2.48. The number of rotatable bonds is 10. The molecule has 0 aliphatic carbocycles. The van der Waals surface area contributed by atoms with Crippen LogP contribution >= 0.6 is 11.6 Å². The molecule has 1 atom stereocenters. The predicted molar refractivity (Wildman–Crippen MR) is 103 cm³/mol. The number of amides is 3. The van der Waals surface area contributed by atoms with Crippen LogP contribution in [-0.2, 0) is 14.3 Å². The van der Waals surface area contributed by atoms with Gasteiger partial charge in [-0.15, -0.1) is 0 Å². The van der Waals surface area contributed by atoms with Crippen LogP contribution < -0.4 is 21.1 Å². The number of nitrogens with two attached hydrogens (primary N) is 1. The predicted octanol–water partition coefficient (Wildman–Crippen LogP) is 2.76. The molecule has 1 aromatic rings. The van der Waals surface area contributed by atoms with Gasteiger partial charge in [0.1, 0.15) is 5.75 Å². The van der Waals surface area contributed by atoms with Gasteiger partial charge in [0, 0.05) is 24.1 Å². The first kappa shape index (κ1) is 22.6. The molecule has 0 unspecified atom stereocenters. The van der Waals surface area contributed by atoms with Gasteiger partial charge in [0.05, 0.1) is 12.8 Å². The summed E-state index contributed by atoms with van der Waals surface area (Å²) in [6.07, 6.45) is 1.28. The van der Waals surface area contributed by atoms with Crippen molar-refractivity contribution in [3.8, 4) is 5.75 Å².